The molecule has 6 nitrogen and oxygen atoms in total. The quantitative estimate of drug-likeness (QED) is 0.752. The number of benzene rings is 1. The van der Waals surface area contributed by atoms with E-state index < -0.39 is 11.7 Å². The predicted molar refractivity (Wildman–Crippen MR) is 103 cm³/mol. The molecule has 2 aliphatic rings. The van der Waals surface area contributed by atoms with Crippen LogP contribution in [0.15, 0.2) is 17.8 Å². The zero-order valence-corrected chi connectivity index (χ0v) is 15.8. The minimum absolute atomic E-state index is 0.0773. The molecular formula is C20H26FN5O. The molecule has 1 aromatic heterocycles. The second-order valence-electron chi connectivity index (χ2n) is 8.35. The van der Waals surface area contributed by atoms with Crippen LogP contribution in [-0.4, -0.2) is 40.4 Å². The van der Waals surface area contributed by atoms with Crippen molar-refractivity contribution in [2.45, 2.75) is 33.1 Å². The zero-order valence-electron chi connectivity index (χ0n) is 15.8. The third kappa shape index (κ3) is 3.32. The summed E-state index contributed by atoms with van der Waals surface area (Å²) >= 11 is 0. The monoisotopic (exact) mass is 371 g/mol. The molecule has 144 valence electrons. The second kappa shape index (κ2) is 6.34. The molecule has 1 aliphatic carbocycles. The third-order valence-electron chi connectivity index (χ3n) is 5.82. The lowest BCUT2D eigenvalue weighted by molar-refractivity contribution is 0.100. The van der Waals surface area contributed by atoms with Gasteiger partial charge in [-0.15, -0.1) is 0 Å². The maximum Gasteiger partial charge on any atom is 0.251 e. The van der Waals surface area contributed by atoms with Crippen LogP contribution in [0.25, 0.3) is 16.6 Å². The van der Waals surface area contributed by atoms with Crippen molar-refractivity contribution in [2.75, 3.05) is 19.6 Å². The average Bonchev–Trinajstić information content (AvgIpc) is 3.17. The molecule has 1 amide bonds. The van der Waals surface area contributed by atoms with Crippen LogP contribution in [0.5, 0.6) is 0 Å². The Hall–Kier alpha value is -2.41. The van der Waals surface area contributed by atoms with E-state index in [0.717, 1.165) is 43.6 Å². The highest BCUT2D eigenvalue weighted by atomic mass is 19.1. The van der Waals surface area contributed by atoms with Crippen LogP contribution in [-0.2, 0) is 0 Å². The SMILES string of the molecule is CC(N)=C(c1nc2c(C(N)=O)cc(F)cc2[nH]1)C1(C)CCN(CC2CC2)C1. The largest absolute Gasteiger partial charge is 0.402 e. The molecule has 2 fully saturated rings. The Kier molecular flexibility index (Phi) is 4.22. The summed E-state index contributed by atoms with van der Waals surface area (Å²) in [6.45, 7) is 7.16. The number of carbonyl (C=O) groups is 1. The van der Waals surface area contributed by atoms with Gasteiger partial charge in [0.15, 0.2) is 0 Å². The Bertz CT molecular complexity index is 941. The predicted octanol–water partition coefficient (Wildman–Crippen LogP) is 2.61. The fourth-order valence-electron chi connectivity index (χ4n) is 4.42. The fraction of sp³-hybridized carbons (Fsp3) is 0.500. The number of halogens is 1. The van der Waals surface area contributed by atoms with Crippen LogP contribution in [0.4, 0.5) is 4.39 Å². The van der Waals surface area contributed by atoms with Gasteiger partial charge in [-0.1, -0.05) is 6.92 Å². The molecule has 0 spiro atoms. The lowest BCUT2D eigenvalue weighted by atomic mass is 9.79. The summed E-state index contributed by atoms with van der Waals surface area (Å²) in [6.07, 6.45) is 3.64. The molecular weight excluding hydrogens is 345 g/mol. The number of nitrogens with two attached hydrogens (primary N) is 2. The van der Waals surface area contributed by atoms with E-state index in [-0.39, 0.29) is 11.0 Å². The van der Waals surface area contributed by atoms with E-state index in [4.69, 9.17) is 11.5 Å². The molecule has 2 aromatic rings. The Morgan fingerprint density at radius 1 is 1.41 bits per heavy atom. The standard InChI is InChI=1S/C20H26FN5O/c1-11(22)16(20(2)5-6-26(10-20)9-12-3-4-12)19-24-15-8-13(21)7-14(18(23)27)17(15)25-19/h7-8,12H,3-6,9-10,22H2,1-2H3,(H2,23,27)(H,24,25). The summed E-state index contributed by atoms with van der Waals surface area (Å²) in [6, 6.07) is 2.46. The molecule has 1 saturated carbocycles. The Morgan fingerprint density at radius 3 is 2.78 bits per heavy atom. The van der Waals surface area contributed by atoms with Gasteiger partial charge in [0.05, 0.1) is 11.1 Å². The first kappa shape index (κ1) is 18.0. The molecule has 2 heterocycles. The van der Waals surface area contributed by atoms with E-state index in [1.807, 2.05) is 6.92 Å². The highest BCUT2D eigenvalue weighted by Gasteiger charge is 2.41. The zero-order chi connectivity index (χ0) is 19.3. The van der Waals surface area contributed by atoms with E-state index >= 15 is 0 Å². The van der Waals surface area contributed by atoms with Gasteiger partial charge >= 0.3 is 0 Å². The van der Waals surface area contributed by atoms with Crippen molar-refractivity contribution >= 4 is 22.5 Å². The number of rotatable bonds is 5. The minimum atomic E-state index is -0.699. The first-order valence-corrected chi connectivity index (χ1v) is 9.45. The summed E-state index contributed by atoms with van der Waals surface area (Å²) < 4.78 is 13.9. The van der Waals surface area contributed by atoms with Crippen LogP contribution < -0.4 is 11.5 Å². The van der Waals surface area contributed by atoms with Crippen molar-refractivity contribution in [3.63, 3.8) is 0 Å². The molecule has 1 unspecified atom stereocenters. The van der Waals surface area contributed by atoms with Gasteiger partial charge in [-0.2, -0.15) is 0 Å². The fourth-order valence-corrected chi connectivity index (χ4v) is 4.42. The van der Waals surface area contributed by atoms with Gasteiger partial charge in [0.2, 0.25) is 0 Å². The summed E-state index contributed by atoms with van der Waals surface area (Å²) in [5, 5.41) is 0. The summed E-state index contributed by atoms with van der Waals surface area (Å²) in [7, 11) is 0. The maximum absolute atomic E-state index is 13.9. The van der Waals surface area contributed by atoms with Gasteiger partial charge in [0.1, 0.15) is 17.2 Å². The van der Waals surface area contributed by atoms with Crippen molar-refractivity contribution in [3.05, 3.63) is 35.0 Å². The molecule has 0 bridgehead atoms. The summed E-state index contributed by atoms with van der Waals surface area (Å²) in [5.74, 6) is 0.208. The topological polar surface area (TPSA) is 101 Å². The smallest absolute Gasteiger partial charge is 0.251 e. The van der Waals surface area contributed by atoms with E-state index in [9.17, 15) is 9.18 Å². The number of aromatic nitrogens is 2. The lowest BCUT2D eigenvalue weighted by Gasteiger charge is -2.28. The number of nitrogens with zero attached hydrogens (tertiary/aromatic N) is 2. The number of aromatic amines is 1. The van der Waals surface area contributed by atoms with Crippen molar-refractivity contribution in [2.24, 2.45) is 22.8 Å². The second-order valence-corrected chi connectivity index (χ2v) is 8.35. The van der Waals surface area contributed by atoms with Crippen LogP contribution in [0.3, 0.4) is 0 Å². The van der Waals surface area contributed by atoms with Crippen molar-refractivity contribution in [1.29, 1.82) is 0 Å². The highest BCUT2D eigenvalue weighted by Crippen LogP contribution is 2.44. The molecule has 5 N–H and O–H groups in total. The third-order valence-corrected chi connectivity index (χ3v) is 5.82. The number of hydrogen-bond acceptors (Lipinski definition) is 4. The molecule has 7 heteroatoms. The van der Waals surface area contributed by atoms with Crippen LogP contribution >= 0.6 is 0 Å². The van der Waals surface area contributed by atoms with Gasteiger partial charge < -0.3 is 21.4 Å². The molecule has 0 radical (unpaired) electrons. The molecule has 1 saturated heterocycles. The van der Waals surface area contributed by atoms with E-state index in [1.165, 1.54) is 18.9 Å². The molecule has 1 aromatic carbocycles. The number of nitrogens with one attached hydrogen (secondary N) is 1. The first-order chi connectivity index (χ1) is 12.8. The van der Waals surface area contributed by atoms with E-state index in [2.05, 4.69) is 21.8 Å². The number of allylic oxidation sites excluding steroid dienone is 1. The van der Waals surface area contributed by atoms with E-state index in [1.54, 1.807) is 0 Å². The normalized spacial score (nSPS) is 24.4. The van der Waals surface area contributed by atoms with Crippen LogP contribution in [0.1, 0.15) is 49.3 Å². The Morgan fingerprint density at radius 2 is 2.15 bits per heavy atom. The summed E-state index contributed by atoms with van der Waals surface area (Å²) in [4.78, 5) is 22.0. The van der Waals surface area contributed by atoms with Crippen molar-refractivity contribution in [1.82, 2.24) is 14.9 Å². The number of imidazole rings is 1. The number of fused-ring (bicyclic) bond motifs is 1. The maximum atomic E-state index is 13.9. The lowest BCUT2D eigenvalue weighted by Crippen LogP contribution is -2.29. The number of hydrogen-bond donors (Lipinski definition) is 3. The van der Waals surface area contributed by atoms with Gasteiger partial charge in [-0.3, -0.25) is 4.79 Å². The van der Waals surface area contributed by atoms with Gasteiger partial charge in [0, 0.05) is 29.8 Å². The van der Waals surface area contributed by atoms with Crippen LogP contribution in [0.2, 0.25) is 0 Å². The average molecular weight is 371 g/mol. The van der Waals surface area contributed by atoms with Crippen molar-refractivity contribution in [3.8, 4) is 0 Å². The Labute approximate surface area is 157 Å². The molecule has 27 heavy (non-hydrogen) atoms. The highest BCUT2D eigenvalue weighted by molar-refractivity contribution is 6.04. The van der Waals surface area contributed by atoms with Crippen molar-refractivity contribution < 1.29 is 9.18 Å². The first-order valence-electron chi connectivity index (χ1n) is 9.45. The molecule has 1 aliphatic heterocycles. The number of H-pyrrole nitrogens is 1. The molecule has 4 rings (SSSR count). The van der Waals surface area contributed by atoms with Gasteiger partial charge in [0.25, 0.3) is 5.91 Å². The van der Waals surface area contributed by atoms with Gasteiger partial charge in [-0.05, 0) is 50.8 Å². The number of amides is 1. The van der Waals surface area contributed by atoms with E-state index in [0.29, 0.717) is 22.6 Å². The molecule has 1 atom stereocenters. The number of carbonyl (C=O) groups excluding carboxylic acids is 1. The van der Waals surface area contributed by atoms with Gasteiger partial charge in [-0.25, -0.2) is 9.37 Å². The Balaban J connectivity index is 1.74. The minimum Gasteiger partial charge on any atom is -0.402 e. The van der Waals surface area contributed by atoms with Crippen LogP contribution in [0, 0.1) is 17.2 Å². The number of likely N-dealkylation sites (tertiary alicyclic amines) is 1. The number of primary amides is 1. The summed E-state index contributed by atoms with van der Waals surface area (Å²) in [5.41, 5.74) is 14.1.